The second-order valence-corrected chi connectivity index (χ2v) is 6.24. The van der Waals surface area contributed by atoms with Gasteiger partial charge in [-0.2, -0.15) is 0 Å². The van der Waals surface area contributed by atoms with Gasteiger partial charge >= 0.3 is 0 Å². The highest BCUT2D eigenvalue weighted by molar-refractivity contribution is 7.17. The summed E-state index contributed by atoms with van der Waals surface area (Å²) in [6.45, 7) is 2.17. The molecule has 24 heavy (non-hydrogen) atoms. The van der Waals surface area contributed by atoms with E-state index in [4.69, 9.17) is 0 Å². The molecule has 0 radical (unpaired) electrons. The molecule has 2 aromatic heterocycles. The van der Waals surface area contributed by atoms with Gasteiger partial charge in [0.2, 0.25) is 0 Å². The molecule has 3 aromatic rings. The summed E-state index contributed by atoms with van der Waals surface area (Å²) in [6.07, 6.45) is 2.14. The topological polar surface area (TPSA) is 54.9 Å². The number of aromatic nitrogens is 2. The van der Waals surface area contributed by atoms with Gasteiger partial charge in [0.05, 0.1) is 11.4 Å². The zero-order chi connectivity index (χ0) is 16.9. The van der Waals surface area contributed by atoms with Gasteiger partial charge in [-0.25, -0.2) is 9.37 Å². The fraction of sp³-hybridized carbons (Fsp3) is 0.167. The minimum atomic E-state index is -0.252. The Morgan fingerprint density at radius 2 is 2.00 bits per heavy atom. The van der Waals surface area contributed by atoms with E-state index in [0.717, 1.165) is 5.69 Å². The van der Waals surface area contributed by atoms with Crippen LogP contribution in [0.25, 0.3) is 10.7 Å². The number of amides is 1. The molecule has 0 saturated heterocycles. The number of nitrogens with zero attached hydrogens (tertiary/aromatic N) is 2. The minimum Gasteiger partial charge on any atom is -0.351 e. The van der Waals surface area contributed by atoms with Gasteiger partial charge in [-0.15, -0.1) is 11.3 Å². The fourth-order valence-corrected chi connectivity index (χ4v) is 3.26. The Morgan fingerprint density at radius 3 is 2.75 bits per heavy atom. The number of aryl methyl sites for hydroxylation is 1. The number of pyridine rings is 1. The quantitative estimate of drug-likeness (QED) is 0.771. The third-order valence-electron chi connectivity index (χ3n) is 3.52. The molecule has 1 amide bonds. The van der Waals surface area contributed by atoms with Crippen molar-refractivity contribution in [2.24, 2.45) is 0 Å². The summed E-state index contributed by atoms with van der Waals surface area (Å²) < 4.78 is 13.6. The van der Waals surface area contributed by atoms with Crippen molar-refractivity contribution in [3.05, 3.63) is 70.6 Å². The van der Waals surface area contributed by atoms with Crippen LogP contribution in [0, 0.1) is 12.7 Å². The Bertz CT molecular complexity index is 848. The Balaban J connectivity index is 1.65. The van der Waals surface area contributed by atoms with Crippen molar-refractivity contribution in [3.8, 4) is 10.7 Å². The fourth-order valence-electron chi connectivity index (χ4n) is 2.30. The van der Waals surface area contributed by atoms with Crippen molar-refractivity contribution in [2.75, 3.05) is 6.54 Å². The highest BCUT2D eigenvalue weighted by Crippen LogP contribution is 2.26. The van der Waals surface area contributed by atoms with E-state index in [2.05, 4.69) is 15.3 Å². The molecular formula is C18H16FN3OS. The van der Waals surface area contributed by atoms with Crippen LogP contribution in [-0.2, 0) is 6.42 Å². The number of carbonyl (C=O) groups excluding carboxylic acids is 1. The molecule has 0 aliphatic rings. The van der Waals surface area contributed by atoms with E-state index in [1.54, 1.807) is 31.3 Å². The lowest BCUT2D eigenvalue weighted by Gasteiger charge is -2.05. The molecule has 1 aromatic carbocycles. The average Bonchev–Trinajstić information content (AvgIpc) is 2.99. The molecule has 0 atom stereocenters. The first-order valence-corrected chi connectivity index (χ1v) is 8.37. The third kappa shape index (κ3) is 3.65. The van der Waals surface area contributed by atoms with Gasteiger partial charge in [-0.05, 0) is 37.1 Å². The van der Waals surface area contributed by atoms with Gasteiger partial charge in [0.25, 0.3) is 5.91 Å². The Hall–Kier alpha value is -2.60. The lowest BCUT2D eigenvalue weighted by molar-refractivity contribution is 0.0957. The molecule has 0 unspecified atom stereocenters. The number of hydrogen-bond donors (Lipinski definition) is 1. The molecule has 3 rings (SSSR count). The number of thiazole rings is 1. The monoisotopic (exact) mass is 341 g/mol. The molecular weight excluding hydrogens is 325 g/mol. The summed E-state index contributed by atoms with van der Waals surface area (Å²) in [5.74, 6) is -0.443. The SMILES string of the molecule is Cc1nc(-c2ccccn2)sc1C(=O)NCCc1ccccc1F. The van der Waals surface area contributed by atoms with E-state index in [9.17, 15) is 9.18 Å². The molecule has 0 aliphatic carbocycles. The Morgan fingerprint density at radius 1 is 1.21 bits per heavy atom. The third-order valence-corrected chi connectivity index (χ3v) is 4.70. The van der Waals surface area contributed by atoms with Gasteiger partial charge < -0.3 is 5.32 Å². The van der Waals surface area contributed by atoms with Crippen LogP contribution in [0.15, 0.2) is 48.7 Å². The summed E-state index contributed by atoms with van der Waals surface area (Å²) in [4.78, 5) is 21.6. The van der Waals surface area contributed by atoms with Crippen LogP contribution in [0.2, 0.25) is 0 Å². The van der Waals surface area contributed by atoms with E-state index in [1.807, 2.05) is 18.2 Å². The highest BCUT2D eigenvalue weighted by atomic mass is 32.1. The van der Waals surface area contributed by atoms with E-state index < -0.39 is 0 Å². The first-order valence-electron chi connectivity index (χ1n) is 7.55. The van der Waals surface area contributed by atoms with Crippen LogP contribution in [0.4, 0.5) is 4.39 Å². The van der Waals surface area contributed by atoms with E-state index in [0.29, 0.717) is 34.1 Å². The van der Waals surface area contributed by atoms with Crippen LogP contribution in [-0.4, -0.2) is 22.4 Å². The van der Waals surface area contributed by atoms with Crippen molar-refractivity contribution in [3.63, 3.8) is 0 Å². The summed E-state index contributed by atoms with van der Waals surface area (Å²) in [6, 6.07) is 12.2. The minimum absolute atomic E-state index is 0.191. The van der Waals surface area contributed by atoms with Gasteiger partial charge in [-0.1, -0.05) is 24.3 Å². The average molecular weight is 341 g/mol. The molecule has 4 nitrogen and oxygen atoms in total. The van der Waals surface area contributed by atoms with Gasteiger partial charge in [0, 0.05) is 12.7 Å². The summed E-state index contributed by atoms with van der Waals surface area (Å²) in [5, 5.41) is 3.54. The molecule has 6 heteroatoms. The first-order chi connectivity index (χ1) is 11.6. The molecule has 122 valence electrons. The lowest BCUT2D eigenvalue weighted by atomic mass is 10.1. The molecule has 0 fully saturated rings. The van der Waals surface area contributed by atoms with Crippen LogP contribution in [0.1, 0.15) is 20.9 Å². The van der Waals surface area contributed by atoms with Crippen molar-refractivity contribution >= 4 is 17.2 Å². The second-order valence-electron chi connectivity index (χ2n) is 5.25. The number of hydrogen-bond acceptors (Lipinski definition) is 4. The maximum atomic E-state index is 13.6. The van der Waals surface area contributed by atoms with Crippen molar-refractivity contribution in [1.29, 1.82) is 0 Å². The van der Waals surface area contributed by atoms with Gasteiger partial charge in [-0.3, -0.25) is 9.78 Å². The molecule has 2 heterocycles. The molecule has 0 bridgehead atoms. The largest absolute Gasteiger partial charge is 0.351 e. The maximum absolute atomic E-state index is 13.6. The maximum Gasteiger partial charge on any atom is 0.263 e. The zero-order valence-electron chi connectivity index (χ0n) is 13.1. The number of benzene rings is 1. The zero-order valence-corrected chi connectivity index (χ0v) is 13.9. The molecule has 0 spiro atoms. The normalized spacial score (nSPS) is 10.6. The number of carbonyl (C=O) groups is 1. The second kappa shape index (κ2) is 7.31. The van der Waals surface area contributed by atoms with E-state index in [1.165, 1.54) is 17.4 Å². The number of rotatable bonds is 5. The Kier molecular flexibility index (Phi) is 4.96. The summed E-state index contributed by atoms with van der Waals surface area (Å²) in [5.41, 5.74) is 2.01. The van der Waals surface area contributed by atoms with Crippen LogP contribution in [0.5, 0.6) is 0 Å². The summed E-state index contributed by atoms with van der Waals surface area (Å²) in [7, 11) is 0. The van der Waals surface area contributed by atoms with Crippen LogP contribution >= 0.6 is 11.3 Å². The highest BCUT2D eigenvalue weighted by Gasteiger charge is 2.16. The number of halogens is 1. The van der Waals surface area contributed by atoms with Crippen molar-refractivity contribution < 1.29 is 9.18 Å². The standard InChI is InChI=1S/C18H16FN3OS/c1-12-16(24-18(22-12)15-8-4-5-10-20-15)17(23)21-11-9-13-6-2-3-7-14(13)19/h2-8,10H,9,11H2,1H3,(H,21,23). The molecule has 0 saturated carbocycles. The van der Waals surface area contributed by atoms with Gasteiger partial charge in [0.1, 0.15) is 15.7 Å². The van der Waals surface area contributed by atoms with Crippen LogP contribution < -0.4 is 5.32 Å². The Labute approximate surface area is 143 Å². The number of nitrogens with one attached hydrogen (secondary N) is 1. The van der Waals surface area contributed by atoms with Crippen molar-refractivity contribution in [2.45, 2.75) is 13.3 Å². The predicted molar refractivity (Wildman–Crippen MR) is 92.5 cm³/mol. The smallest absolute Gasteiger partial charge is 0.263 e. The van der Waals surface area contributed by atoms with E-state index >= 15 is 0 Å². The first kappa shape index (κ1) is 16.3. The predicted octanol–water partition coefficient (Wildman–Crippen LogP) is 3.63. The van der Waals surface area contributed by atoms with Gasteiger partial charge in [0.15, 0.2) is 0 Å². The van der Waals surface area contributed by atoms with Crippen LogP contribution in [0.3, 0.4) is 0 Å². The molecule has 0 aliphatic heterocycles. The summed E-state index contributed by atoms with van der Waals surface area (Å²) >= 11 is 1.31. The lowest BCUT2D eigenvalue weighted by Crippen LogP contribution is -2.25. The van der Waals surface area contributed by atoms with Crippen molar-refractivity contribution in [1.82, 2.24) is 15.3 Å². The molecule has 1 N–H and O–H groups in total. The van der Waals surface area contributed by atoms with E-state index in [-0.39, 0.29) is 11.7 Å².